The smallest absolute Gasteiger partial charge is 0.417 e. The van der Waals surface area contributed by atoms with E-state index in [-0.39, 0.29) is 0 Å². The van der Waals surface area contributed by atoms with E-state index in [4.69, 9.17) is 0 Å². The Kier molecular flexibility index (Phi) is 5.15. The Balaban J connectivity index is 1.51. The van der Waals surface area contributed by atoms with Crippen molar-refractivity contribution in [2.24, 2.45) is 0 Å². The van der Waals surface area contributed by atoms with Crippen LogP contribution in [-0.2, 0) is 11.0 Å². The zero-order chi connectivity index (χ0) is 21.5. The topological polar surface area (TPSA) is 72.5 Å². The number of halogens is 3. The van der Waals surface area contributed by atoms with Crippen molar-refractivity contribution in [3.05, 3.63) is 59.4 Å². The van der Waals surface area contributed by atoms with Gasteiger partial charge in [0.05, 0.1) is 5.56 Å². The zero-order valence-corrected chi connectivity index (χ0v) is 16.3. The van der Waals surface area contributed by atoms with Crippen LogP contribution in [0.1, 0.15) is 22.7 Å². The number of aryl methyl sites for hydroxylation is 1. The number of aromatic nitrogens is 2. The normalized spacial score (nSPS) is 16.7. The Bertz CT molecular complexity index is 1050. The molecule has 1 aliphatic rings. The summed E-state index contributed by atoms with van der Waals surface area (Å²) in [5.41, 5.74) is 1.85. The highest BCUT2D eigenvalue weighted by molar-refractivity contribution is 5.89. The first kappa shape index (κ1) is 20.2. The maximum absolute atomic E-state index is 12.7. The molecule has 30 heavy (non-hydrogen) atoms. The second kappa shape index (κ2) is 7.64. The number of piperazine rings is 1. The van der Waals surface area contributed by atoms with Crippen LogP contribution in [0.4, 0.5) is 19.0 Å². The Morgan fingerprint density at radius 1 is 1.17 bits per heavy atom. The van der Waals surface area contributed by atoms with E-state index in [1.54, 1.807) is 6.20 Å². The minimum atomic E-state index is -4.42. The maximum atomic E-state index is 12.7. The number of fused-ring (bicyclic) bond motifs is 1. The highest BCUT2D eigenvalue weighted by Crippen LogP contribution is 2.32. The second-order valence-electron chi connectivity index (χ2n) is 7.46. The number of rotatable bonds is 4. The molecule has 0 radical (unpaired) electrons. The third kappa shape index (κ3) is 3.85. The van der Waals surface area contributed by atoms with Crippen molar-refractivity contribution in [2.45, 2.75) is 19.1 Å². The van der Waals surface area contributed by atoms with Crippen LogP contribution in [0.3, 0.4) is 0 Å². The van der Waals surface area contributed by atoms with E-state index in [9.17, 15) is 23.1 Å². The predicted molar refractivity (Wildman–Crippen MR) is 106 cm³/mol. The minimum Gasteiger partial charge on any atom is -0.480 e. The van der Waals surface area contributed by atoms with Gasteiger partial charge < -0.3 is 15.0 Å². The van der Waals surface area contributed by atoms with Gasteiger partial charge in [-0.1, -0.05) is 11.6 Å². The van der Waals surface area contributed by atoms with Crippen LogP contribution in [0.15, 0.2) is 42.7 Å². The zero-order valence-electron chi connectivity index (χ0n) is 16.3. The molecule has 0 amide bonds. The highest BCUT2D eigenvalue weighted by atomic mass is 19.4. The van der Waals surface area contributed by atoms with Crippen molar-refractivity contribution in [1.29, 1.82) is 0 Å². The summed E-state index contributed by atoms with van der Waals surface area (Å²) in [4.78, 5) is 23.0. The SMILES string of the molecule is Cc1ccc2[nH]cc(C(C(=O)O)N3CCN(c4ccc(C(F)(F)F)cn4)CC3)c2c1. The number of pyridine rings is 1. The molecule has 1 atom stereocenters. The first-order valence-electron chi connectivity index (χ1n) is 9.57. The number of aliphatic carboxylic acids is 1. The van der Waals surface area contributed by atoms with Crippen LogP contribution < -0.4 is 4.90 Å². The van der Waals surface area contributed by atoms with Gasteiger partial charge in [0.1, 0.15) is 11.9 Å². The number of aromatic amines is 1. The van der Waals surface area contributed by atoms with E-state index >= 15 is 0 Å². The summed E-state index contributed by atoms with van der Waals surface area (Å²) in [6.45, 7) is 3.82. The van der Waals surface area contributed by atoms with Gasteiger partial charge in [-0.2, -0.15) is 13.2 Å². The number of nitrogens with one attached hydrogen (secondary N) is 1. The van der Waals surface area contributed by atoms with Gasteiger partial charge in [0.25, 0.3) is 0 Å². The Labute approximate surface area is 170 Å². The van der Waals surface area contributed by atoms with Crippen molar-refractivity contribution < 1.29 is 23.1 Å². The van der Waals surface area contributed by atoms with Crippen LogP contribution in [0, 0.1) is 6.92 Å². The highest BCUT2D eigenvalue weighted by Gasteiger charge is 2.33. The van der Waals surface area contributed by atoms with E-state index in [2.05, 4.69) is 9.97 Å². The summed E-state index contributed by atoms with van der Waals surface area (Å²) in [7, 11) is 0. The number of carboxylic acids is 1. The molecule has 1 fully saturated rings. The summed E-state index contributed by atoms with van der Waals surface area (Å²) in [5.74, 6) is -0.476. The molecule has 4 rings (SSSR count). The molecule has 2 aromatic heterocycles. The largest absolute Gasteiger partial charge is 0.480 e. The number of carbonyl (C=O) groups is 1. The van der Waals surface area contributed by atoms with Crippen LogP contribution in [0.2, 0.25) is 0 Å². The summed E-state index contributed by atoms with van der Waals surface area (Å²) in [6.07, 6.45) is -1.85. The number of H-pyrrole nitrogens is 1. The summed E-state index contributed by atoms with van der Waals surface area (Å²) in [5, 5.41) is 10.8. The fourth-order valence-corrected chi connectivity index (χ4v) is 3.92. The van der Waals surface area contributed by atoms with Gasteiger partial charge >= 0.3 is 12.1 Å². The third-order valence-corrected chi connectivity index (χ3v) is 5.48. The van der Waals surface area contributed by atoms with E-state index in [0.29, 0.717) is 37.6 Å². The van der Waals surface area contributed by atoms with Gasteiger partial charge in [0.15, 0.2) is 0 Å². The summed E-state index contributed by atoms with van der Waals surface area (Å²) < 4.78 is 38.2. The lowest BCUT2D eigenvalue weighted by molar-refractivity contribution is -0.143. The lowest BCUT2D eigenvalue weighted by Crippen LogP contribution is -2.49. The number of hydrogen-bond acceptors (Lipinski definition) is 4. The van der Waals surface area contributed by atoms with Crippen molar-refractivity contribution in [3.63, 3.8) is 0 Å². The molecule has 0 aliphatic carbocycles. The molecule has 158 valence electrons. The quantitative estimate of drug-likeness (QED) is 0.674. The lowest BCUT2D eigenvalue weighted by atomic mass is 10.0. The van der Waals surface area contributed by atoms with Gasteiger partial charge in [-0.25, -0.2) is 4.98 Å². The number of anilines is 1. The number of alkyl halides is 3. The molecule has 1 aromatic carbocycles. The van der Waals surface area contributed by atoms with Crippen LogP contribution in [0.5, 0.6) is 0 Å². The molecule has 3 aromatic rings. The lowest BCUT2D eigenvalue weighted by Gasteiger charge is -2.38. The van der Waals surface area contributed by atoms with Crippen LogP contribution in [0.25, 0.3) is 10.9 Å². The van der Waals surface area contributed by atoms with E-state index in [0.717, 1.165) is 28.7 Å². The predicted octanol–water partition coefficient (Wildman–Crippen LogP) is 3.84. The number of hydrogen-bond donors (Lipinski definition) is 2. The Hall–Kier alpha value is -3.07. The molecule has 9 heteroatoms. The first-order valence-corrected chi connectivity index (χ1v) is 9.57. The van der Waals surface area contributed by atoms with Crippen molar-refractivity contribution >= 4 is 22.7 Å². The fourth-order valence-electron chi connectivity index (χ4n) is 3.92. The molecule has 1 saturated heterocycles. The first-order chi connectivity index (χ1) is 14.2. The monoisotopic (exact) mass is 418 g/mol. The van der Waals surface area contributed by atoms with Crippen LogP contribution >= 0.6 is 0 Å². The minimum absolute atomic E-state index is 0.456. The molecular weight excluding hydrogens is 397 g/mol. The average Bonchev–Trinajstić information content (AvgIpc) is 3.11. The maximum Gasteiger partial charge on any atom is 0.417 e. The number of carboxylic acid groups (broad SMARTS) is 1. The molecule has 1 unspecified atom stereocenters. The molecule has 6 nitrogen and oxygen atoms in total. The Morgan fingerprint density at radius 2 is 1.90 bits per heavy atom. The summed E-state index contributed by atoms with van der Waals surface area (Å²) in [6, 6.07) is 7.44. The van der Waals surface area contributed by atoms with Crippen molar-refractivity contribution in [2.75, 3.05) is 31.1 Å². The molecule has 0 spiro atoms. The molecule has 0 bridgehead atoms. The van der Waals surface area contributed by atoms with Gasteiger partial charge in [0.2, 0.25) is 0 Å². The summed E-state index contributed by atoms with van der Waals surface area (Å²) >= 11 is 0. The number of nitrogens with zero attached hydrogens (tertiary/aromatic N) is 3. The third-order valence-electron chi connectivity index (χ3n) is 5.48. The van der Waals surface area contributed by atoms with Crippen molar-refractivity contribution in [3.8, 4) is 0 Å². The molecule has 0 saturated carbocycles. The fraction of sp³-hybridized carbons (Fsp3) is 0.333. The Morgan fingerprint density at radius 3 is 2.50 bits per heavy atom. The molecule has 1 aliphatic heterocycles. The van der Waals surface area contributed by atoms with Gasteiger partial charge in [0, 0.05) is 55.0 Å². The number of benzene rings is 1. The van der Waals surface area contributed by atoms with Crippen LogP contribution in [-0.4, -0.2) is 52.1 Å². The van der Waals surface area contributed by atoms with E-state index in [1.165, 1.54) is 6.07 Å². The second-order valence-corrected chi connectivity index (χ2v) is 7.46. The average molecular weight is 418 g/mol. The molecule has 2 N–H and O–H groups in total. The molecule has 3 heterocycles. The van der Waals surface area contributed by atoms with Gasteiger partial charge in [-0.15, -0.1) is 0 Å². The standard InChI is InChI=1S/C21H21F3N4O2/c1-13-2-4-17-15(10-13)16(12-25-17)19(20(29)30)28-8-6-27(7-9-28)18-5-3-14(11-26-18)21(22,23)24/h2-5,10-12,19,25H,6-9H2,1H3,(H,29,30). The van der Waals surface area contributed by atoms with Crippen molar-refractivity contribution in [1.82, 2.24) is 14.9 Å². The van der Waals surface area contributed by atoms with E-state index in [1.807, 2.05) is 34.9 Å². The van der Waals surface area contributed by atoms with Gasteiger partial charge in [-0.05, 0) is 31.2 Å². The van der Waals surface area contributed by atoms with E-state index < -0.39 is 23.8 Å². The molecular formula is C21H21F3N4O2. The van der Waals surface area contributed by atoms with Gasteiger partial charge in [-0.3, -0.25) is 9.69 Å².